The maximum absolute atomic E-state index is 5.44. The van der Waals surface area contributed by atoms with Gasteiger partial charge in [0.1, 0.15) is 5.76 Å². The number of nitrogens with zero attached hydrogens (tertiary/aromatic N) is 4. The molecular weight excluding hydrogens is 455 g/mol. The third-order valence-electron chi connectivity index (χ3n) is 4.98. The summed E-state index contributed by atoms with van der Waals surface area (Å²) in [7, 11) is 0. The van der Waals surface area contributed by atoms with E-state index in [-0.39, 0.29) is 24.0 Å². The fraction of sp³-hybridized carbons (Fsp3) is 0.789. The summed E-state index contributed by atoms with van der Waals surface area (Å²) in [4.78, 5) is 9.77. The molecule has 1 aromatic heterocycles. The molecule has 0 unspecified atom stereocenters. The SMILES string of the molecule is CCNC(=NCc1c(CC)noc1CC)NCCN1CCN(CC)CC1.I. The Hall–Kier alpha value is -0.870. The van der Waals surface area contributed by atoms with Crippen LogP contribution in [0.5, 0.6) is 0 Å². The molecule has 7 nitrogen and oxygen atoms in total. The Kier molecular flexibility index (Phi) is 11.9. The molecule has 0 saturated carbocycles. The van der Waals surface area contributed by atoms with Crippen LogP contribution in [0.25, 0.3) is 0 Å². The van der Waals surface area contributed by atoms with Gasteiger partial charge in [-0.15, -0.1) is 24.0 Å². The molecule has 0 amide bonds. The minimum Gasteiger partial charge on any atom is -0.361 e. The predicted octanol–water partition coefficient (Wildman–Crippen LogP) is 2.11. The van der Waals surface area contributed by atoms with Gasteiger partial charge in [0.15, 0.2) is 5.96 Å². The lowest BCUT2D eigenvalue weighted by Gasteiger charge is -2.34. The summed E-state index contributed by atoms with van der Waals surface area (Å²) in [6.45, 7) is 17.8. The maximum atomic E-state index is 5.44. The van der Waals surface area contributed by atoms with E-state index in [1.54, 1.807) is 0 Å². The van der Waals surface area contributed by atoms with Crippen molar-refractivity contribution in [3.8, 4) is 0 Å². The topological polar surface area (TPSA) is 68.9 Å². The number of hydrogen-bond donors (Lipinski definition) is 2. The second-order valence-corrected chi connectivity index (χ2v) is 6.64. The number of nitrogens with one attached hydrogen (secondary N) is 2. The Morgan fingerprint density at radius 2 is 1.74 bits per heavy atom. The summed E-state index contributed by atoms with van der Waals surface area (Å²) in [5, 5.41) is 11.0. The highest BCUT2D eigenvalue weighted by Crippen LogP contribution is 2.16. The lowest BCUT2D eigenvalue weighted by molar-refractivity contribution is 0.139. The minimum absolute atomic E-state index is 0. The van der Waals surface area contributed by atoms with Gasteiger partial charge in [0.2, 0.25) is 0 Å². The molecular formula is C19H37IN6O. The monoisotopic (exact) mass is 492 g/mol. The molecule has 2 rings (SSSR count). The second kappa shape index (κ2) is 13.3. The number of guanidine groups is 1. The molecule has 156 valence electrons. The van der Waals surface area contributed by atoms with Crippen LogP contribution in [-0.2, 0) is 19.4 Å². The number of halogens is 1. The van der Waals surface area contributed by atoms with Crippen molar-refractivity contribution < 1.29 is 4.52 Å². The summed E-state index contributed by atoms with van der Waals surface area (Å²) in [5.74, 6) is 1.82. The van der Waals surface area contributed by atoms with Crippen molar-refractivity contribution in [3.63, 3.8) is 0 Å². The van der Waals surface area contributed by atoms with E-state index >= 15 is 0 Å². The van der Waals surface area contributed by atoms with E-state index in [0.717, 1.165) is 75.1 Å². The van der Waals surface area contributed by atoms with Crippen LogP contribution in [-0.4, -0.2) is 73.3 Å². The van der Waals surface area contributed by atoms with E-state index in [4.69, 9.17) is 9.52 Å². The Morgan fingerprint density at radius 1 is 1.04 bits per heavy atom. The van der Waals surface area contributed by atoms with Crippen LogP contribution in [0.15, 0.2) is 9.52 Å². The average molecular weight is 492 g/mol. The molecule has 1 saturated heterocycles. The summed E-state index contributed by atoms with van der Waals surface area (Å²) >= 11 is 0. The van der Waals surface area contributed by atoms with E-state index in [1.807, 2.05) is 0 Å². The fourth-order valence-corrected chi connectivity index (χ4v) is 3.28. The zero-order valence-corrected chi connectivity index (χ0v) is 19.7. The summed E-state index contributed by atoms with van der Waals surface area (Å²) in [6.07, 6.45) is 1.73. The third-order valence-corrected chi connectivity index (χ3v) is 4.98. The fourth-order valence-electron chi connectivity index (χ4n) is 3.28. The van der Waals surface area contributed by atoms with Crippen molar-refractivity contribution in [2.45, 2.75) is 47.1 Å². The van der Waals surface area contributed by atoms with Crippen molar-refractivity contribution in [2.24, 2.45) is 4.99 Å². The molecule has 27 heavy (non-hydrogen) atoms. The lowest BCUT2D eigenvalue weighted by atomic mass is 10.1. The van der Waals surface area contributed by atoms with Crippen molar-refractivity contribution in [1.29, 1.82) is 0 Å². The number of likely N-dealkylation sites (N-methyl/N-ethyl adjacent to an activating group) is 1. The highest BCUT2D eigenvalue weighted by atomic mass is 127. The lowest BCUT2D eigenvalue weighted by Crippen LogP contribution is -2.49. The second-order valence-electron chi connectivity index (χ2n) is 6.64. The highest BCUT2D eigenvalue weighted by molar-refractivity contribution is 14.0. The van der Waals surface area contributed by atoms with E-state index in [0.29, 0.717) is 6.54 Å². The molecule has 8 heteroatoms. The van der Waals surface area contributed by atoms with Gasteiger partial charge in [0, 0.05) is 57.8 Å². The Morgan fingerprint density at radius 3 is 2.33 bits per heavy atom. The summed E-state index contributed by atoms with van der Waals surface area (Å²) in [5.41, 5.74) is 2.16. The van der Waals surface area contributed by atoms with Crippen LogP contribution in [0.4, 0.5) is 0 Å². The van der Waals surface area contributed by atoms with Gasteiger partial charge >= 0.3 is 0 Å². The molecule has 0 spiro atoms. The Labute approximate surface area is 181 Å². The van der Waals surface area contributed by atoms with Crippen molar-refractivity contribution in [2.75, 3.05) is 52.4 Å². The zero-order chi connectivity index (χ0) is 18.8. The number of rotatable bonds is 9. The standard InChI is InChI=1S/C19H36N6O.HI/c1-5-17-16(18(6-2)26-23-17)15-22-19(20-7-3)21-9-10-25-13-11-24(8-4)12-14-25;/h5-15H2,1-4H3,(H2,20,21,22);1H. The molecule has 0 radical (unpaired) electrons. The predicted molar refractivity (Wildman–Crippen MR) is 122 cm³/mol. The van der Waals surface area contributed by atoms with E-state index in [2.05, 4.69) is 53.3 Å². The molecule has 2 heterocycles. The largest absolute Gasteiger partial charge is 0.361 e. The molecule has 0 bridgehead atoms. The number of piperazine rings is 1. The van der Waals surface area contributed by atoms with E-state index in [1.165, 1.54) is 13.1 Å². The van der Waals surface area contributed by atoms with Crippen LogP contribution in [0.1, 0.15) is 44.7 Å². The smallest absolute Gasteiger partial charge is 0.191 e. The number of hydrogen-bond acceptors (Lipinski definition) is 5. The third kappa shape index (κ3) is 7.57. The first-order valence-corrected chi connectivity index (χ1v) is 10.1. The van der Waals surface area contributed by atoms with Crippen LogP contribution >= 0.6 is 24.0 Å². The maximum Gasteiger partial charge on any atom is 0.191 e. The van der Waals surface area contributed by atoms with Crippen LogP contribution < -0.4 is 10.6 Å². The Balaban J connectivity index is 0.00000364. The number of aromatic nitrogens is 1. The van der Waals surface area contributed by atoms with Gasteiger partial charge in [-0.25, -0.2) is 4.99 Å². The van der Waals surface area contributed by atoms with Gasteiger partial charge in [0.05, 0.1) is 12.2 Å². The number of aryl methyl sites for hydroxylation is 2. The molecule has 2 N–H and O–H groups in total. The van der Waals surface area contributed by atoms with Crippen LogP contribution in [0.3, 0.4) is 0 Å². The Bertz CT molecular complexity index is 533. The first-order chi connectivity index (χ1) is 12.7. The molecule has 0 aromatic carbocycles. The molecule has 1 aromatic rings. The molecule has 0 atom stereocenters. The van der Waals surface area contributed by atoms with Crippen LogP contribution in [0, 0.1) is 0 Å². The van der Waals surface area contributed by atoms with E-state index in [9.17, 15) is 0 Å². The highest BCUT2D eigenvalue weighted by Gasteiger charge is 2.15. The first-order valence-electron chi connectivity index (χ1n) is 10.1. The zero-order valence-electron chi connectivity index (χ0n) is 17.4. The summed E-state index contributed by atoms with van der Waals surface area (Å²) in [6, 6.07) is 0. The van der Waals surface area contributed by atoms with Crippen molar-refractivity contribution >= 4 is 29.9 Å². The molecule has 1 fully saturated rings. The van der Waals surface area contributed by atoms with Gasteiger partial charge in [-0.05, 0) is 19.9 Å². The number of aliphatic imine (C=N–C) groups is 1. The average Bonchev–Trinajstić information content (AvgIpc) is 3.08. The minimum atomic E-state index is 0. The summed E-state index contributed by atoms with van der Waals surface area (Å²) < 4.78 is 5.44. The first kappa shape index (κ1) is 24.2. The van der Waals surface area contributed by atoms with Crippen molar-refractivity contribution in [3.05, 3.63) is 17.0 Å². The van der Waals surface area contributed by atoms with Crippen LogP contribution in [0.2, 0.25) is 0 Å². The normalized spacial score (nSPS) is 16.2. The quantitative estimate of drug-likeness (QED) is 0.313. The molecule has 0 aliphatic carbocycles. The molecule has 1 aliphatic rings. The van der Waals surface area contributed by atoms with Crippen molar-refractivity contribution in [1.82, 2.24) is 25.6 Å². The van der Waals surface area contributed by atoms with Gasteiger partial charge in [-0.3, -0.25) is 4.90 Å². The van der Waals surface area contributed by atoms with Gasteiger partial charge < -0.3 is 20.1 Å². The van der Waals surface area contributed by atoms with Gasteiger partial charge in [-0.2, -0.15) is 0 Å². The molecule has 1 aliphatic heterocycles. The van der Waals surface area contributed by atoms with Gasteiger partial charge in [-0.1, -0.05) is 25.9 Å². The van der Waals surface area contributed by atoms with E-state index < -0.39 is 0 Å². The van der Waals surface area contributed by atoms with Gasteiger partial charge in [0.25, 0.3) is 0 Å².